The number of hydrogen-bond acceptors (Lipinski definition) is 3. The number of hydrogen-bond donors (Lipinski definition) is 1. The molecule has 1 N–H and O–H groups in total. The molecule has 0 unspecified atom stereocenters. The van der Waals surface area contributed by atoms with Gasteiger partial charge in [-0.05, 0) is 18.2 Å². The van der Waals surface area contributed by atoms with Gasteiger partial charge in [0.15, 0.2) is 0 Å². The third-order valence-electron chi connectivity index (χ3n) is 2.30. The van der Waals surface area contributed by atoms with E-state index in [2.05, 4.69) is 5.32 Å². The Balaban J connectivity index is 2.82. The minimum atomic E-state index is -0.352. The maximum absolute atomic E-state index is 12.0. The first kappa shape index (κ1) is 10.9. The molecular weight excluding hydrogens is 218 g/mol. The number of aromatic nitrogens is 1. The summed E-state index contributed by atoms with van der Waals surface area (Å²) in [6, 6.07) is 8.50. The monoisotopic (exact) mass is 227 g/mol. The molecule has 2 aromatic rings. The number of amides is 1. The van der Waals surface area contributed by atoms with E-state index >= 15 is 0 Å². The lowest BCUT2D eigenvalue weighted by Crippen LogP contribution is -2.21. The number of nitrogens with one attached hydrogen (secondary N) is 1. The van der Waals surface area contributed by atoms with Crippen LogP contribution in [0, 0.1) is 11.3 Å². The normalized spacial score (nSPS) is 9.88. The first-order chi connectivity index (χ1) is 8.13. The molecule has 0 aromatic carbocycles. The highest BCUT2D eigenvalue weighted by Crippen LogP contribution is 2.12. The number of nitrogens with zero attached hydrogens (tertiary/aromatic N) is 2. The van der Waals surface area contributed by atoms with Crippen molar-refractivity contribution < 1.29 is 4.79 Å². The summed E-state index contributed by atoms with van der Waals surface area (Å²) in [6.07, 6.45) is 1.56. The van der Waals surface area contributed by atoms with Crippen molar-refractivity contribution in [1.29, 1.82) is 5.26 Å². The van der Waals surface area contributed by atoms with Crippen LogP contribution in [0.1, 0.15) is 12.5 Å². The van der Waals surface area contributed by atoms with Gasteiger partial charge in [0.25, 0.3) is 5.56 Å². The Hall–Kier alpha value is -2.61. The number of rotatable bonds is 1. The SMILES string of the molecule is CC(=O)Nc1cc(C#N)c2ccccn2c1=O. The van der Waals surface area contributed by atoms with E-state index in [4.69, 9.17) is 5.26 Å². The Labute approximate surface area is 96.9 Å². The molecule has 84 valence electrons. The lowest BCUT2D eigenvalue weighted by molar-refractivity contribution is -0.114. The number of carbonyl (C=O) groups is 1. The zero-order valence-electron chi connectivity index (χ0n) is 9.10. The van der Waals surface area contributed by atoms with Crippen LogP contribution in [-0.2, 0) is 4.79 Å². The predicted octanol–water partition coefficient (Wildman–Crippen LogP) is 1.13. The summed E-state index contributed by atoms with van der Waals surface area (Å²) in [5.41, 5.74) is 0.621. The van der Waals surface area contributed by atoms with Crippen LogP contribution in [0.5, 0.6) is 0 Å². The molecule has 1 amide bonds. The Kier molecular flexibility index (Phi) is 2.63. The van der Waals surface area contributed by atoms with E-state index in [1.807, 2.05) is 6.07 Å². The molecule has 0 bridgehead atoms. The molecule has 5 nitrogen and oxygen atoms in total. The Bertz CT molecular complexity index is 695. The lowest BCUT2D eigenvalue weighted by Gasteiger charge is -2.06. The summed E-state index contributed by atoms with van der Waals surface area (Å²) < 4.78 is 1.34. The molecule has 0 saturated heterocycles. The van der Waals surface area contributed by atoms with E-state index in [9.17, 15) is 9.59 Å². The Morgan fingerprint density at radius 3 is 2.88 bits per heavy atom. The van der Waals surface area contributed by atoms with E-state index in [1.165, 1.54) is 17.4 Å². The fraction of sp³-hybridized carbons (Fsp3) is 0.0833. The van der Waals surface area contributed by atoms with Crippen LogP contribution < -0.4 is 10.9 Å². The number of anilines is 1. The maximum Gasteiger partial charge on any atom is 0.278 e. The molecule has 0 saturated carbocycles. The standard InChI is InChI=1S/C12H9N3O2/c1-8(16)14-10-6-9(7-13)11-4-2-3-5-15(11)12(10)17/h2-6H,1H3,(H,14,16). The van der Waals surface area contributed by atoms with E-state index in [-0.39, 0.29) is 17.2 Å². The minimum absolute atomic E-state index is 0.109. The topological polar surface area (TPSA) is 74.4 Å². The van der Waals surface area contributed by atoms with Crippen LogP contribution in [0.25, 0.3) is 5.52 Å². The average molecular weight is 227 g/mol. The second-order valence-corrected chi connectivity index (χ2v) is 3.53. The summed E-state index contributed by atoms with van der Waals surface area (Å²) in [4.78, 5) is 22.9. The highest BCUT2D eigenvalue weighted by Gasteiger charge is 2.09. The first-order valence-corrected chi connectivity index (χ1v) is 4.95. The van der Waals surface area contributed by atoms with Crippen molar-refractivity contribution in [2.45, 2.75) is 6.92 Å². The summed E-state index contributed by atoms with van der Waals surface area (Å²) in [5.74, 6) is -0.345. The van der Waals surface area contributed by atoms with Crippen LogP contribution >= 0.6 is 0 Å². The minimum Gasteiger partial charge on any atom is -0.322 e. The van der Waals surface area contributed by atoms with Crippen molar-refractivity contribution in [2.24, 2.45) is 0 Å². The molecule has 5 heteroatoms. The van der Waals surface area contributed by atoms with Crippen LogP contribution in [-0.4, -0.2) is 10.3 Å². The van der Waals surface area contributed by atoms with Crippen molar-refractivity contribution in [3.63, 3.8) is 0 Å². The molecule has 17 heavy (non-hydrogen) atoms. The van der Waals surface area contributed by atoms with E-state index in [0.717, 1.165) is 0 Å². The van der Waals surface area contributed by atoms with Crippen molar-refractivity contribution in [3.05, 3.63) is 46.4 Å². The van der Waals surface area contributed by atoms with Gasteiger partial charge >= 0.3 is 0 Å². The van der Waals surface area contributed by atoms with Crippen LogP contribution in [0.2, 0.25) is 0 Å². The van der Waals surface area contributed by atoms with Gasteiger partial charge in [-0.2, -0.15) is 5.26 Å². The molecule has 0 atom stereocenters. The number of pyridine rings is 2. The second-order valence-electron chi connectivity index (χ2n) is 3.53. The summed E-state index contributed by atoms with van der Waals surface area (Å²) in [5, 5.41) is 11.4. The van der Waals surface area contributed by atoms with Gasteiger partial charge in [-0.1, -0.05) is 6.07 Å². The molecule has 2 heterocycles. The fourth-order valence-electron chi connectivity index (χ4n) is 1.62. The highest BCUT2D eigenvalue weighted by atomic mass is 16.2. The molecular formula is C12H9N3O2. The van der Waals surface area contributed by atoms with E-state index in [1.54, 1.807) is 24.4 Å². The largest absolute Gasteiger partial charge is 0.322 e. The van der Waals surface area contributed by atoms with Crippen molar-refractivity contribution in [1.82, 2.24) is 4.40 Å². The van der Waals surface area contributed by atoms with Crippen molar-refractivity contribution >= 4 is 17.1 Å². The molecule has 0 aliphatic heterocycles. The zero-order chi connectivity index (χ0) is 12.4. The van der Waals surface area contributed by atoms with Crippen LogP contribution in [0.15, 0.2) is 35.3 Å². The summed E-state index contributed by atoms with van der Waals surface area (Å²) in [6.45, 7) is 1.31. The third kappa shape index (κ3) is 1.88. The Morgan fingerprint density at radius 2 is 2.24 bits per heavy atom. The first-order valence-electron chi connectivity index (χ1n) is 4.95. The molecule has 0 aliphatic carbocycles. The van der Waals surface area contributed by atoms with E-state index < -0.39 is 0 Å². The molecule has 0 radical (unpaired) electrons. The third-order valence-corrected chi connectivity index (χ3v) is 2.30. The van der Waals surface area contributed by atoms with Crippen LogP contribution in [0.4, 0.5) is 5.69 Å². The second kappa shape index (κ2) is 4.10. The van der Waals surface area contributed by atoms with Gasteiger partial charge in [0.1, 0.15) is 11.8 Å². The van der Waals surface area contributed by atoms with Gasteiger partial charge in [-0.25, -0.2) is 0 Å². The van der Waals surface area contributed by atoms with Gasteiger partial charge in [0.2, 0.25) is 5.91 Å². The average Bonchev–Trinajstić information content (AvgIpc) is 2.32. The molecule has 2 aromatic heterocycles. The van der Waals surface area contributed by atoms with Crippen molar-refractivity contribution in [3.8, 4) is 6.07 Å². The summed E-state index contributed by atoms with van der Waals surface area (Å²) >= 11 is 0. The van der Waals surface area contributed by atoms with Gasteiger partial charge in [0, 0.05) is 13.1 Å². The lowest BCUT2D eigenvalue weighted by atomic mass is 10.2. The van der Waals surface area contributed by atoms with Crippen LogP contribution in [0.3, 0.4) is 0 Å². The summed E-state index contributed by atoms with van der Waals surface area (Å²) in [7, 11) is 0. The Morgan fingerprint density at radius 1 is 1.47 bits per heavy atom. The van der Waals surface area contributed by atoms with Gasteiger partial charge in [-0.15, -0.1) is 0 Å². The quantitative estimate of drug-likeness (QED) is 0.793. The number of carbonyl (C=O) groups excluding carboxylic acids is 1. The van der Waals surface area contributed by atoms with Gasteiger partial charge in [-0.3, -0.25) is 14.0 Å². The predicted molar refractivity (Wildman–Crippen MR) is 62.7 cm³/mol. The molecule has 2 rings (SSSR count). The molecule has 0 fully saturated rings. The number of nitriles is 1. The maximum atomic E-state index is 12.0. The fourth-order valence-corrected chi connectivity index (χ4v) is 1.62. The highest BCUT2D eigenvalue weighted by molar-refractivity contribution is 5.89. The van der Waals surface area contributed by atoms with Gasteiger partial charge in [0.05, 0.1) is 11.1 Å². The van der Waals surface area contributed by atoms with Crippen molar-refractivity contribution in [2.75, 3.05) is 5.32 Å². The van der Waals surface area contributed by atoms with Gasteiger partial charge < -0.3 is 5.32 Å². The number of fused-ring (bicyclic) bond motifs is 1. The molecule has 0 spiro atoms. The van der Waals surface area contributed by atoms with E-state index in [0.29, 0.717) is 11.1 Å². The molecule has 0 aliphatic rings. The zero-order valence-corrected chi connectivity index (χ0v) is 9.10. The smallest absolute Gasteiger partial charge is 0.278 e.